The standard InChI is InChI=1S/C15H18ClNO4/c16-10-4-6-12(13(18)9-10)15(21)17-8-2-1-3-11(17)5-7-14(19)20/h4,6,9,11,18H,1-3,5,7-8H2,(H,19,20)/t11-/m1/s1. The van der Waals surface area contributed by atoms with Crippen molar-refractivity contribution in [3.8, 4) is 5.75 Å². The lowest BCUT2D eigenvalue weighted by Gasteiger charge is -2.35. The summed E-state index contributed by atoms with van der Waals surface area (Å²) in [5, 5.41) is 19.0. The number of carboxylic acid groups (broad SMARTS) is 1. The first-order chi connectivity index (χ1) is 9.99. The molecule has 1 atom stereocenters. The molecule has 2 N–H and O–H groups in total. The van der Waals surface area contributed by atoms with Crippen molar-refractivity contribution >= 4 is 23.5 Å². The lowest BCUT2D eigenvalue weighted by atomic mass is 9.96. The Morgan fingerprint density at radius 1 is 1.33 bits per heavy atom. The second-order valence-corrected chi connectivity index (χ2v) is 5.68. The molecule has 6 heteroatoms. The first kappa shape index (κ1) is 15.6. The molecule has 1 fully saturated rings. The van der Waals surface area contributed by atoms with Gasteiger partial charge >= 0.3 is 5.97 Å². The van der Waals surface area contributed by atoms with Crippen LogP contribution < -0.4 is 0 Å². The highest BCUT2D eigenvalue weighted by molar-refractivity contribution is 6.30. The van der Waals surface area contributed by atoms with Crippen molar-refractivity contribution in [2.24, 2.45) is 0 Å². The van der Waals surface area contributed by atoms with E-state index in [4.69, 9.17) is 16.7 Å². The highest BCUT2D eigenvalue weighted by Crippen LogP contribution is 2.27. The molecule has 114 valence electrons. The van der Waals surface area contributed by atoms with Gasteiger partial charge in [-0.1, -0.05) is 11.6 Å². The van der Waals surface area contributed by atoms with Crippen LogP contribution in [0.2, 0.25) is 5.02 Å². The molecular formula is C15H18ClNO4. The van der Waals surface area contributed by atoms with Crippen LogP contribution in [0.25, 0.3) is 0 Å². The Labute approximate surface area is 128 Å². The minimum Gasteiger partial charge on any atom is -0.507 e. The second-order valence-electron chi connectivity index (χ2n) is 5.24. The molecule has 1 aliphatic rings. The van der Waals surface area contributed by atoms with E-state index in [9.17, 15) is 14.7 Å². The number of carbonyl (C=O) groups is 2. The first-order valence-electron chi connectivity index (χ1n) is 7.00. The van der Waals surface area contributed by atoms with E-state index in [2.05, 4.69) is 0 Å². The molecule has 21 heavy (non-hydrogen) atoms. The van der Waals surface area contributed by atoms with Crippen molar-refractivity contribution in [3.05, 3.63) is 28.8 Å². The van der Waals surface area contributed by atoms with Gasteiger partial charge in [-0.3, -0.25) is 9.59 Å². The molecule has 1 amide bonds. The summed E-state index contributed by atoms with van der Waals surface area (Å²) in [5.74, 6) is -1.27. The van der Waals surface area contributed by atoms with Gasteiger partial charge in [0.2, 0.25) is 0 Å². The fourth-order valence-corrected chi connectivity index (χ4v) is 2.86. The molecule has 0 radical (unpaired) electrons. The third-order valence-corrected chi connectivity index (χ3v) is 4.00. The zero-order chi connectivity index (χ0) is 15.4. The van der Waals surface area contributed by atoms with Crippen molar-refractivity contribution in [3.63, 3.8) is 0 Å². The third kappa shape index (κ3) is 3.88. The van der Waals surface area contributed by atoms with Crippen molar-refractivity contribution < 1.29 is 19.8 Å². The van der Waals surface area contributed by atoms with Crippen LogP contribution in [0, 0.1) is 0 Å². The molecule has 5 nitrogen and oxygen atoms in total. The van der Waals surface area contributed by atoms with Gasteiger partial charge in [0.15, 0.2) is 0 Å². The van der Waals surface area contributed by atoms with Gasteiger partial charge in [0.25, 0.3) is 5.91 Å². The minimum absolute atomic E-state index is 0.0427. The number of benzene rings is 1. The number of nitrogens with zero attached hydrogens (tertiary/aromatic N) is 1. The number of hydrogen-bond donors (Lipinski definition) is 2. The molecule has 1 aromatic rings. The van der Waals surface area contributed by atoms with E-state index in [1.807, 2.05) is 0 Å². The molecule has 0 saturated carbocycles. The Kier molecular flexibility index (Phi) is 5.07. The van der Waals surface area contributed by atoms with Crippen LogP contribution in [0.4, 0.5) is 0 Å². The zero-order valence-electron chi connectivity index (χ0n) is 11.6. The number of halogens is 1. The maximum absolute atomic E-state index is 12.6. The molecule has 2 rings (SSSR count). The minimum atomic E-state index is -0.859. The highest BCUT2D eigenvalue weighted by Gasteiger charge is 2.29. The third-order valence-electron chi connectivity index (χ3n) is 3.77. The molecular weight excluding hydrogens is 294 g/mol. The van der Waals surface area contributed by atoms with E-state index < -0.39 is 5.97 Å². The number of carbonyl (C=O) groups excluding carboxylic acids is 1. The number of phenols is 1. The summed E-state index contributed by atoms with van der Waals surface area (Å²) >= 11 is 5.77. The number of rotatable bonds is 4. The molecule has 0 unspecified atom stereocenters. The van der Waals surface area contributed by atoms with Gasteiger partial charge in [-0.2, -0.15) is 0 Å². The van der Waals surface area contributed by atoms with E-state index in [0.29, 0.717) is 18.0 Å². The summed E-state index contributed by atoms with van der Waals surface area (Å²) in [7, 11) is 0. The number of aromatic hydroxyl groups is 1. The Morgan fingerprint density at radius 3 is 2.76 bits per heavy atom. The van der Waals surface area contributed by atoms with Crippen molar-refractivity contribution in [1.82, 2.24) is 4.90 Å². The van der Waals surface area contributed by atoms with Gasteiger partial charge in [0.05, 0.1) is 5.56 Å². The number of hydrogen-bond acceptors (Lipinski definition) is 3. The second kappa shape index (κ2) is 6.80. The van der Waals surface area contributed by atoms with Gasteiger partial charge in [-0.15, -0.1) is 0 Å². The maximum atomic E-state index is 12.6. The fraction of sp³-hybridized carbons (Fsp3) is 0.467. The van der Waals surface area contributed by atoms with E-state index >= 15 is 0 Å². The summed E-state index contributed by atoms with van der Waals surface area (Å²) in [6.07, 6.45) is 3.16. The van der Waals surface area contributed by atoms with Gasteiger partial charge in [0.1, 0.15) is 5.75 Å². The van der Waals surface area contributed by atoms with E-state index in [-0.39, 0.29) is 29.7 Å². The summed E-state index contributed by atoms with van der Waals surface area (Å²) in [6.45, 7) is 0.588. The van der Waals surface area contributed by atoms with Gasteiger partial charge < -0.3 is 15.1 Å². The average Bonchev–Trinajstić information content (AvgIpc) is 2.45. The highest BCUT2D eigenvalue weighted by atomic mass is 35.5. The molecule has 0 bridgehead atoms. The predicted octanol–water partition coefficient (Wildman–Crippen LogP) is 2.91. The lowest BCUT2D eigenvalue weighted by Crippen LogP contribution is -2.44. The number of carboxylic acids is 1. The molecule has 0 aliphatic carbocycles. The van der Waals surface area contributed by atoms with E-state index in [1.165, 1.54) is 12.1 Å². The number of amides is 1. The van der Waals surface area contributed by atoms with Crippen LogP contribution in [-0.4, -0.2) is 39.6 Å². The predicted molar refractivity (Wildman–Crippen MR) is 78.7 cm³/mol. The van der Waals surface area contributed by atoms with Crippen LogP contribution in [-0.2, 0) is 4.79 Å². The Hall–Kier alpha value is -1.75. The number of piperidine rings is 1. The van der Waals surface area contributed by atoms with Crippen molar-refractivity contribution in [2.45, 2.75) is 38.1 Å². The Balaban J connectivity index is 2.16. The molecule has 1 saturated heterocycles. The topological polar surface area (TPSA) is 77.8 Å². The van der Waals surface area contributed by atoms with Crippen molar-refractivity contribution in [2.75, 3.05) is 6.54 Å². The summed E-state index contributed by atoms with van der Waals surface area (Å²) in [6, 6.07) is 4.32. The van der Waals surface area contributed by atoms with E-state index in [1.54, 1.807) is 11.0 Å². The fourth-order valence-electron chi connectivity index (χ4n) is 2.70. The molecule has 0 aromatic heterocycles. The van der Waals surface area contributed by atoms with Crippen LogP contribution in [0.3, 0.4) is 0 Å². The Bertz CT molecular complexity index is 546. The first-order valence-corrected chi connectivity index (χ1v) is 7.38. The van der Waals surface area contributed by atoms with E-state index in [0.717, 1.165) is 19.3 Å². The molecule has 0 spiro atoms. The van der Waals surface area contributed by atoms with Gasteiger partial charge in [-0.25, -0.2) is 0 Å². The lowest BCUT2D eigenvalue weighted by molar-refractivity contribution is -0.137. The van der Waals surface area contributed by atoms with Crippen LogP contribution in [0.15, 0.2) is 18.2 Å². The molecule has 1 heterocycles. The largest absolute Gasteiger partial charge is 0.507 e. The summed E-state index contributed by atoms with van der Waals surface area (Å²) < 4.78 is 0. The number of aliphatic carboxylic acids is 1. The number of phenolic OH excluding ortho intramolecular Hbond substituents is 1. The smallest absolute Gasteiger partial charge is 0.303 e. The average molecular weight is 312 g/mol. The normalized spacial score (nSPS) is 18.5. The summed E-state index contributed by atoms with van der Waals surface area (Å²) in [4.78, 5) is 25.0. The zero-order valence-corrected chi connectivity index (χ0v) is 12.3. The van der Waals surface area contributed by atoms with Crippen LogP contribution >= 0.6 is 11.6 Å². The number of likely N-dealkylation sites (tertiary alicyclic amines) is 1. The maximum Gasteiger partial charge on any atom is 0.303 e. The van der Waals surface area contributed by atoms with Crippen molar-refractivity contribution in [1.29, 1.82) is 0 Å². The quantitative estimate of drug-likeness (QED) is 0.896. The SMILES string of the molecule is O=C(O)CC[C@H]1CCCCN1C(=O)c1ccc(Cl)cc1O. The molecule has 1 aliphatic heterocycles. The monoisotopic (exact) mass is 311 g/mol. The Morgan fingerprint density at radius 2 is 2.10 bits per heavy atom. The van der Waals surface area contributed by atoms with Crippen LogP contribution in [0.5, 0.6) is 5.75 Å². The van der Waals surface area contributed by atoms with Gasteiger partial charge in [0, 0.05) is 24.0 Å². The van der Waals surface area contributed by atoms with Crippen LogP contribution in [0.1, 0.15) is 42.5 Å². The molecule has 1 aromatic carbocycles. The summed E-state index contributed by atoms with van der Waals surface area (Å²) in [5.41, 5.74) is 0.210. The van der Waals surface area contributed by atoms with Gasteiger partial charge in [-0.05, 0) is 43.9 Å².